The predicted octanol–water partition coefficient (Wildman–Crippen LogP) is 3.62. The molecule has 1 heterocycles. The molecule has 132 valence electrons. The first-order valence-electron chi connectivity index (χ1n) is 8.22. The fraction of sp³-hybridized carbons (Fsp3) is 0.300. The summed E-state index contributed by atoms with van der Waals surface area (Å²) in [5.74, 6) is -0.186. The number of thiophene rings is 1. The van der Waals surface area contributed by atoms with E-state index in [9.17, 15) is 9.59 Å². The van der Waals surface area contributed by atoms with Gasteiger partial charge in [-0.15, -0.1) is 17.9 Å². The third-order valence-corrected chi connectivity index (χ3v) is 5.00. The van der Waals surface area contributed by atoms with Crippen LogP contribution < -0.4 is 0 Å². The highest BCUT2D eigenvalue weighted by molar-refractivity contribution is 7.10. The van der Waals surface area contributed by atoms with Crippen molar-refractivity contribution in [3.05, 3.63) is 70.4 Å². The Balaban J connectivity index is 2.17. The predicted molar refractivity (Wildman–Crippen MR) is 102 cm³/mol. The van der Waals surface area contributed by atoms with E-state index in [-0.39, 0.29) is 18.4 Å². The first-order chi connectivity index (χ1) is 12.0. The van der Waals surface area contributed by atoms with E-state index in [0.717, 1.165) is 5.56 Å². The van der Waals surface area contributed by atoms with Crippen LogP contribution in [0.15, 0.2) is 54.4 Å². The molecule has 2 aromatic rings. The van der Waals surface area contributed by atoms with Gasteiger partial charge in [-0.25, -0.2) is 0 Å². The number of carbonyl (C=O) groups is 2. The van der Waals surface area contributed by atoms with Crippen molar-refractivity contribution in [3.8, 4) is 0 Å². The third kappa shape index (κ3) is 5.57. The lowest BCUT2D eigenvalue weighted by Crippen LogP contribution is -2.41. The van der Waals surface area contributed by atoms with Gasteiger partial charge in [0.15, 0.2) is 0 Å². The molecule has 0 radical (unpaired) electrons. The summed E-state index contributed by atoms with van der Waals surface area (Å²) >= 11 is 1.65. The Morgan fingerprint density at radius 1 is 1.12 bits per heavy atom. The summed E-state index contributed by atoms with van der Waals surface area (Å²) in [5, 5.41) is 2.04. The molecule has 0 atom stereocenters. The second kappa shape index (κ2) is 9.18. The van der Waals surface area contributed by atoms with Gasteiger partial charge in [-0.3, -0.25) is 9.59 Å². The SMILES string of the molecule is C=CCN(CC(=O)N(Cc1ccccc1)Cc1sccc1C)C(C)=O. The smallest absolute Gasteiger partial charge is 0.242 e. The van der Waals surface area contributed by atoms with Crippen LogP contribution in [0.25, 0.3) is 0 Å². The van der Waals surface area contributed by atoms with E-state index in [1.54, 1.807) is 17.4 Å². The third-order valence-electron chi connectivity index (χ3n) is 3.99. The van der Waals surface area contributed by atoms with Gasteiger partial charge in [-0.05, 0) is 29.5 Å². The number of carbonyl (C=O) groups excluding carboxylic acids is 2. The second-order valence-corrected chi connectivity index (χ2v) is 6.95. The molecule has 2 amide bonds. The Hall–Kier alpha value is -2.40. The summed E-state index contributed by atoms with van der Waals surface area (Å²) in [6.07, 6.45) is 1.64. The standard InChI is InChI=1S/C20H24N2O2S/c1-4-11-21(17(3)23)15-20(24)22(13-18-8-6-5-7-9-18)14-19-16(2)10-12-25-19/h4-10,12H,1,11,13-15H2,2-3H3. The first-order valence-corrected chi connectivity index (χ1v) is 9.10. The van der Waals surface area contributed by atoms with Crippen LogP contribution in [0, 0.1) is 6.92 Å². The largest absolute Gasteiger partial charge is 0.332 e. The van der Waals surface area contributed by atoms with Crippen molar-refractivity contribution in [2.24, 2.45) is 0 Å². The zero-order valence-corrected chi connectivity index (χ0v) is 15.6. The molecule has 0 aliphatic rings. The molecule has 0 N–H and O–H groups in total. The zero-order chi connectivity index (χ0) is 18.2. The Labute approximate surface area is 153 Å². The van der Waals surface area contributed by atoms with E-state index < -0.39 is 0 Å². The van der Waals surface area contributed by atoms with Crippen molar-refractivity contribution in [3.63, 3.8) is 0 Å². The van der Waals surface area contributed by atoms with Crippen molar-refractivity contribution >= 4 is 23.2 Å². The fourth-order valence-electron chi connectivity index (χ4n) is 2.50. The van der Waals surface area contributed by atoms with Gasteiger partial charge in [0.05, 0.1) is 6.54 Å². The van der Waals surface area contributed by atoms with Gasteiger partial charge in [-0.2, -0.15) is 0 Å². The van der Waals surface area contributed by atoms with Crippen molar-refractivity contribution in [2.45, 2.75) is 26.9 Å². The lowest BCUT2D eigenvalue weighted by atomic mass is 10.2. The van der Waals surface area contributed by atoms with E-state index in [1.165, 1.54) is 22.3 Å². The Morgan fingerprint density at radius 2 is 1.84 bits per heavy atom. The van der Waals surface area contributed by atoms with Crippen LogP contribution in [0.2, 0.25) is 0 Å². The van der Waals surface area contributed by atoms with Crippen molar-refractivity contribution in [1.29, 1.82) is 0 Å². The van der Waals surface area contributed by atoms with Gasteiger partial charge >= 0.3 is 0 Å². The van der Waals surface area contributed by atoms with Gasteiger partial charge in [-0.1, -0.05) is 36.4 Å². The molecule has 2 rings (SSSR count). The average molecular weight is 356 g/mol. The quantitative estimate of drug-likeness (QED) is 0.678. The van der Waals surface area contributed by atoms with Gasteiger partial charge in [0, 0.05) is 24.9 Å². The highest BCUT2D eigenvalue weighted by Gasteiger charge is 2.20. The minimum Gasteiger partial charge on any atom is -0.332 e. The van der Waals surface area contributed by atoms with Crippen LogP contribution in [-0.4, -0.2) is 34.7 Å². The summed E-state index contributed by atoms with van der Waals surface area (Å²) in [6, 6.07) is 12.0. The van der Waals surface area contributed by atoms with Crippen molar-refractivity contribution in [2.75, 3.05) is 13.1 Å². The molecule has 5 heteroatoms. The number of nitrogens with zero attached hydrogens (tertiary/aromatic N) is 2. The molecule has 0 fully saturated rings. The zero-order valence-electron chi connectivity index (χ0n) is 14.8. The number of aryl methyl sites for hydroxylation is 1. The molecule has 0 saturated carbocycles. The molecule has 1 aromatic carbocycles. The van der Waals surface area contributed by atoms with Crippen LogP contribution in [-0.2, 0) is 22.7 Å². The molecule has 0 unspecified atom stereocenters. The summed E-state index contributed by atoms with van der Waals surface area (Å²) in [4.78, 5) is 29.1. The topological polar surface area (TPSA) is 40.6 Å². The Kier molecular flexibility index (Phi) is 6.95. The van der Waals surface area contributed by atoms with E-state index in [4.69, 9.17) is 0 Å². The fourth-order valence-corrected chi connectivity index (χ4v) is 3.42. The molecule has 0 aliphatic carbocycles. The molecule has 0 aliphatic heterocycles. The molecule has 25 heavy (non-hydrogen) atoms. The monoisotopic (exact) mass is 356 g/mol. The maximum Gasteiger partial charge on any atom is 0.242 e. The maximum atomic E-state index is 12.9. The number of benzene rings is 1. The number of rotatable bonds is 8. The summed E-state index contributed by atoms with van der Waals surface area (Å²) in [5.41, 5.74) is 2.26. The first kappa shape index (κ1) is 18.9. The highest BCUT2D eigenvalue weighted by atomic mass is 32.1. The average Bonchev–Trinajstić information content (AvgIpc) is 2.99. The lowest BCUT2D eigenvalue weighted by molar-refractivity contribution is -0.139. The van der Waals surface area contributed by atoms with Crippen molar-refractivity contribution in [1.82, 2.24) is 9.80 Å². The molecular formula is C20H24N2O2S. The number of amides is 2. The van der Waals surface area contributed by atoms with Crippen LogP contribution in [0.5, 0.6) is 0 Å². The van der Waals surface area contributed by atoms with Crippen LogP contribution >= 0.6 is 11.3 Å². The summed E-state index contributed by atoms with van der Waals surface area (Å²) in [6.45, 7) is 8.70. The Bertz CT molecular complexity index is 724. The molecule has 0 spiro atoms. The van der Waals surface area contributed by atoms with E-state index >= 15 is 0 Å². The van der Waals surface area contributed by atoms with Gasteiger partial charge < -0.3 is 9.80 Å². The normalized spacial score (nSPS) is 10.3. The van der Waals surface area contributed by atoms with Crippen LogP contribution in [0.3, 0.4) is 0 Å². The highest BCUT2D eigenvalue weighted by Crippen LogP contribution is 2.19. The number of hydrogen-bond donors (Lipinski definition) is 0. The molecule has 0 bridgehead atoms. The number of hydrogen-bond acceptors (Lipinski definition) is 3. The summed E-state index contributed by atoms with van der Waals surface area (Å²) < 4.78 is 0. The summed E-state index contributed by atoms with van der Waals surface area (Å²) in [7, 11) is 0. The van der Waals surface area contributed by atoms with Crippen molar-refractivity contribution < 1.29 is 9.59 Å². The van der Waals surface area contributed by atoms with Gasteiger partial charge in [0.2, 0.25) is 11.8 Å². The van der Waals surface area contributed by atoms with E-state index in [2.05, 4.69) is 19.6 Å². The van der Waals surface area contributed by atoms with Crippen LogP contribution in [0.1, 0.15) is 22.9 Å². The van der Waals surface area contributed by atoms with Crippen LogP contribution in [0.4, 0.5) is 0 Å². The molecule has 4 nitrogen and oxygen atoms in total. The molecule has 0 saturated heterocycles. The van der Waals surface area contributed by atoms with E-state index in [1.807, 2.05) is 40.6 Å². The lowest BCUT2D eigenvalue weighted by Gasteiger charge is -2.26. The Morgan fingerprint density at radius 3 is 2.40 bits per heavy atom. The minimum atomic E-state index is -0.125. The van der Waals surface area contributed by atoms with E-state index in [0.29, 0.717) is 19.6 Å². The maximum absolute atomic E-state index is 12.9. The van der Waals surface area contributed by atoms with Gasteiger partial charge in [0.25, 0.3) is 0 Å². The second-order valence-electron chi connectivity index (χ2n) is 5.95. The minimum absolute atomic E-state index is 0.0614. The van der Waals surface area contributed by atoms with Gasteiger partial charge in [0.1, 0.15) is 6.54 Å². The molecule has 1 aromatic heterocycles. The molecular weight excluding hydrogens is 332 g/mol.